The summed E-state index contributed by atoms with van der Waals surface area (Å²) in [5.41, 5.74) is -2.07. The molecule has 24 heavy (non-hydrogen) atoms. The Morgan fingerprint density at radius 1 is 1.25 bits per heavy atom. The summed E-state index contributed by atoms with van der Waals surface area (Å²) in [6.07, 6.45) is 0. The van der Waals surface area contributed by atoms with Gasteiger partial charge in [-0.1, -0.05) is 29.8 Å². The Labute approximate surface area is 146 Å². The number of amides is 2. The Morgan fingerprint density at radius 2 is 1.92 bits per heavy atom. The predicted molar refractivity (Wildman–Crippen MR) is 90.4 cm³/mol. The monoisotopic (exact) mass is 370 g/mol. The summed E-state index contributed by atoms with van der Waals surface area (Å²) in [5, 5.41) is 24.0. The van der Waals surface area contributed by atoms with Crippen LogP contribution in [-0.2, 0) is 9.59 Å². The van der Waals surface area contributed by atoms with Crippen LogP contribution in [0.4, 0.5) is 0 Å². The minimum atomic E-state index is -2.07. The zero-order valence-corrected chi connectivity index (χ0v) is 14.2. The van der Waals surface area contributed by atoms with Crippen LogP contribution in [0.2, 0.25) is 5.02 Å². The van der Waals surface area contributed by atoms with E-state index in [0.717, 1.165) is 17.0 Å². The lowest BCUT2D eigenvalue weighted by atomic mass is 10.1. The van der Waals surface area contributed by atoms with Crippen LogP contribution in [-0.4, -0.2) is 46.7 Å². The number of hydrogen-bond acceptors (Lipinski definition) is 5. The quantitative estimate of drug-likeness (QED) is 0.610. The maximum Gasteiger partial charge on any atom is 0.337 e. The van der Waals surface area contributed by atoms with Gasteiger partial charge in [-0.3, -0.25) is 9.59 Å². The van der Waals surface area contributed by atoms with Gasteiger partial charge in [-0.15, -0.1) is 11.3 Å². The first-order chi connectivity index (χ1) is 11.2. The van der Waals surface area contributed by atoms with Gasteiger partial charge in [0, 0.05) is 10.1 Å². The van der Waals surface area contributed by atoms with Gasteiger partial charge in [0.25, 0.3) is 5.91 Å². The van der Waals surface area contributed by atoms with Gasteiger partial charge < -0.3 is 20.8 Å². The average molecular weight is 371 g/mol. The third kappa shape index (κ3) is 4.02. The van der Waals surface area contributed by atoms with Crippen LogP contribution in [0.5, 0.6) is 0 Å². The second-order valence-corrected chi connectivity index (χ2v) is 6.71. The number of carboxylic acid groups (broad SMARTS) is 1. The van der Waals surface area contributed by atoms with Gasteiger partial charge in [-0.25, -0.2) is 4.79 Å². The van der Waals surface area contributed by atoms with E-state index in [0.29, 0.717) is 9.90 Å². The molecule has 0 bridgehead atoms. The first-order valence-electron chi connectivity index (χ1n) is 6.90. The summed E-state index contributed by atoms with van der Waals surface area (Å²) in [5.74, 6) is -2.58. The number of thiophene rings is 1. The van der Waals surface area contributed by atoms with E-state index in [1.807, 2.05) is 18.2 Å². The van der Waals surface area contributed by atoms with E-state index in [1.54, 1.807) is 6.07 Å². The van der Waals surface area contributed by atoms with E-state index in [9.17, 15) is 19.5 Å². The maximum atomic E-state index is 12.1. The Balaban J connectivity index is 1.94. The molecule has 0 aliphatic heterocycles. The first kappa shape index (κ1) is 18.2. The zero-order valence-electron chi connectivity index (χ0n) is 12.6. The molecule has 7 nitrogen and oxygen atoms in total. The van der Waals surface area contributed by atoms with E-state index in [-0.39, 0.29) is 6.54 Å². The van der Waals surface area contributed by atoms with Crippen molar-refractivity contribution in [2.45, 2.75) is 12.5 Å². The summed E-state index contributed by atoms with van der Waals surface area (Å²) in [6, 6.07) is 7.28. The number of aliphatic hydroxyl groups is 1. The smallest absolute Gasteiger partial charge is 0.337 e. The van der Waals surface area contributed by atoms with Crippen LogP contribution in [0, 0.1) is 0 Å². The second kappa shape index (κ2) is 7.16. The SMILES string of the molecule is CC(O)(CNC(=O)CNC(=O)c1sc2ccccc2c1Cl)C(=O)O. The fourth-order valence-corrected chi connectivity index (χ4v) is 3.24. The minimum absolute atomic E-state index is 0.295. The molecule has 0 saturated carbocycles. The summed E-state index contributed by atoms with van der Waals surface area (Å²) >= 11 is 7.39. The molecule has 0 aliphatic carbocycles. The van der Waals surface area contributed by atoms with Crippen LogP contribution in [0.15, 0.2) is 24.3 Å². The highest BCUT2D eigenvalue weighted by atomic mass is 35.5. The molecular weight excluding hydrogens is 356 g/mol. The summed E-state index contributed by atoms with van der Waals surface area (Å²) in [7, 11) is 0. The Morgan fingerprint density at radius 3 is 2.54 bits per heavy atom. The van der Waals surface area contributed by atoms with E-state index in [2.05, 4.69) is 10.6 Å². The Kier molecular flexibility index (Phi) is 5.43. The van der Waals surface area contributed by atoms with Crippen LogP contribution < -0.4 is 10.6 Å². The minimum Gasteiger partial charge on any atom is -0.479 e. The topological polar surface area (TPSA) is 116 Å². The van der Waals surface area contributed by atoms with Crippen molar-refractivity contribution in [3.8, 4) is 0 Å². The standard InChI is InChI=1S/C15H15ClN2O5S/c1-15(23,14(21)22)7-18-10(19)6-17-13(20)12-11(16)8-4-2-3-5-9(8)24-12/h2-5,23H,6-7H2,1H3,(H,17,20)(H,18,19)(H,21,22). The molecule has 0 saturated heterocycles. The lowest BCUT2D eigenvalue weighted by Crippen LogP contribution is -2.48. The molecule has 1 heterocycles. The van der Waals surface area contributed by atoms with Crippen molar-refractivity contribution >= 4 is 50.8 Å². The maximum absolute atomic E-state index is 12.1. The van der Waals surface area contributed by atoms with Crippen molar-refractivity contribution in [2.24, 2.45) is 0 Å². The molecule has 2 rings (SSSR count). The van der Waals surface area contributed by atoms with Crippen molar-refractivity contribution in [2.75, 3.05) is 13.1 Å². The van der Waals surface area contributed by atoms with Crippen molar-refractivity contribution in [3.05, 3.63) is 34.2 Å². The van der Waals surface area contributed by atoms with Crippen molar-refractivity contribution in [1.82, 2.24) is 10.6 Å². The number of carboxylic acids is 1. The van der Waals surface area contributed by atoms with Gasteiger partial charge >= 0.3 is 5.97 Å². The van der Waals surface area contributed by atoms with E-state index in [1.165, 1.54) is 11.3 Å². The van der Waals surface area contributed by atoms with Crippen molar-refractivity contribution < 1.29 is 24.6 Å². The highest BCUT2D eigenvalue weighted by molar-refractivity contribution is 7.21. The number of benzene rings is 1. The molecule has 4 N–H and O–H groups in total. The van der Waals surface area contributed by atoms with Crippen molar-refractivity contribution in [3.63, 3.8) is 0 Å². The van der Waals surface area contributed by atoms with Crippen LogP contribution in [0.3, 0.4) is 0 Å². The van der Waals surface area contributed by atoms with Gasteiger partial charge in [-0.05, 0) is 13.0 Å². The molecule has 2 aromatic rings. The molecule has 0 radical (unpaired) electrons. The zero-order chi connectivity index (χ0) is 17.9. The molecule has 0 aliphatic rings. The van der Waals surface area contributed by atoms with Crippen LogP contribution in [0.25, 0.3) is 10.1 Å². The molecule has 128 valence electrons. The van der Waals surface area contributed by atoms with Crippen molar-refractivity contribution in [1.29, 1.82) is 0 Å². The fraction of sp³-hybridized carbons (Fsp3) is 0.267. The number of aliphatic carboxylic acids is 1. The number of carbonyl (C=O) groups is 3. The highest BCUT2D eigenvalue weighted by Gasteiger charge is 2.30. The molecule has 9 heteroatoms. The second-order valence-electron chi connectivity index (χ2n) is 5.28. The van der Waals surface area contributed by atoms with E-state index < -0.39 is 29.9 Å². The van der Waals surface area contributed by atoms with Gasteiger partial charge in [0.1, 0.15) is 4.88 Å². The number of rotatable bonds is 6. The number of carbonyl (C=O) groups excluding carboxylic acids is 2. The molecule has 1 aromatic heterocycles. The molecule has 0 fully saturated rings. The predicted octanol–water partition coefficient (Wildman–Crippen LogP) is 1.24. The Hall–Kier alpha value is -2.16. The van der Waals surface area contributed by atoms with Gasteiger partial charge in [0.15, 0.2) is 5.60 Å². The molecule has 2 amide bonds. The molecule has 1 aromatic carbocycles. The third-order valence-electron chi connectivity index (χ3n) is 3.24. The number of halogens is 1. The number of nitrogens with one attached hydrogen (secondary N) is 2. The first-order valence-corrected chi connectivity index (χ1v) is 8.09. The van der Waals surface area contributed by atoms with Crippen LogP contribution in [0.1, 0.15) is 16.6 Å². The lowest BCUT2D eigenvalue weighted by molar-refractivity contribution is -0.156. The van der Waals surface area contributed by atoms with Gasteiger partial charge in [0.2, 0.25) is 5.91 Å². The van der Waals surface area contributed by atoms with E-state index >= 15 is 0 Å². The number of hydrogen-bond donors (Lipinski definition) is 4. The molecular formula is C15H15ClN2O5S. The largest absolute Gasteiger partial charge is 0.479 e. The average Bonchev–Trinajstić information content (AvgIpc) is 2.88. The lowest BCUT2D eigenvalue weighted by Gasteiger charge is -2.18. The third-order valence-corrected chi connectivity index (χ3v) is 4.92. The summed E-state index contributed by atoms with van der Waals surface area (Å²) < 4.78 is 0.856. The molecule has 1 unspecified atom stereocenters. The normalized spacial score (nSPS) is 13.3. The highest BCUT2D eigenvalue weighted by Crippen LogP contribution is 2.34. The summed E-state index contributed by atoms with van der Waals surface area (Å²) in [6.45, 7) is 0.227. The molecule has 1 atom stereocenters. The number of fused-ring (bicyclic) bond motifs is 1. The summed E-state index contributed by atoms with van der Waals surface area (Å²) in [4.78, 5) is 34.8. The van der Waals surface area contributed by atoms with Crippen LogP contribution >= 0.6 is 22.9 Å². The Bertz CT molecular complexity index is 802. The van der Waals surface area contributed by atoms with E-state index in [4.69, 9.17) is 16.7 Å². The molecule has 0 spiro atoms. The van der Waals surface area contributed by atoms with Gasteiger partial charge in [0.05, 0.1) is 18.1 Å². The fourth-order valence-electron chi connectivity index (χ4n) is 1.81. The van der Waals surface area contributed by atoms with Gasteiger partial charge in [-0.2, -0.15) is 0 Å².